The number of likely N-dealkylation sites (N-methyl/N-ethyl adjacent to an activating group) is 1. The Morgan fingerprint density at radius 2 is 1.60 bits per heavy atom. The fraction of sp³-hybridized carbons (Fsp3) is 0.650. The van der Waals surface area contributed by atoms with E-state index in [-0.39, 0.29) is 0 Å². The molecule has 2 saturated heterocycles. The standard InChI is InChI=1S/C16H25N3O2.2C2HF3O2/c1-17(2)9-10-19-15-7-8-18(12-13-4-3-11-21-13)14(15)5-6-16(19)20;2*3-2(4,5)1(6)7/h3-4,11,14-15H,5-10,12H2,1-2H3;2*(H,6,7)/t14-,15-;;/m1../s1. The van der Waals surface area contributed by atoms with Crippen molar-refractivity contribution in [3.8, 4) is 0 Å². The predicted octanol–water partition coefficient (Wildman–Crippen LogP) is 2.67. The summed E-state index contributed by atoms with van der Waals surface area (Å²) in [5, 5.41) is 14.2. The molecular weight excluding hydrogens is 492 g/mol. The van der Waals surface area contributed by atoms with Gasteiger partial charge in [0.1, 0.15) is 5.76 Å². The SMILES string of the molecule is CN(C)CCN1C(=O)CC[C@@H]2[C@H]1CCN2Cc1ccco1.O=C(O)C(F)(F)F.O=C(O)C(F)(F)F. The quantitative estimate of drug-likeness (QED) is 0.571. The van der Waals surface area contributed by atoms with Gasteiger partial charge in [0.05, 0.1) is 12.8 Å². The van der Waals surface area contributed by atoms with Gasteiger partial charge in [0.2, 0.25) is 5.91 Å². The molecule has 1 aromatic rings. The lowest BCUT2D eigenvalue weighted by Crippen LogP contribution is -2.53. The van der Waals surface area contributed by atoms with Crippen LogP contribution in [0, 0.1) is 0 Å². The molecule has 15 heteroatoms. The molecule has 35 heavy (non-hydrogen) atoms. The van der Waals surface area contributed by atoms with Gasteiger partial charge in [-0.3, -0.25) is 9.69 Å². The number of carboxylic acids is 2. The fourth-order valence-corrected chi connectivity index (χ4v) is 3.64. The van der Waals surface area contributed by atoms with Gasteiger partial charge in [0, 0.05) is 38.1 Å². The maximum Gasteiger partial charge on any atom is 0.490 e. The largest absolute Gasteiger partial charge is 0.490 e. The number of likely N-dealkylation sites (tertiary alicyclic amines) is 2. The van der Waals surface area contributed by atoms with Gasteiger partial charge >= 0.3 is 24.3 Å². The minimum absolute atomic E-state index is 0.331. The first-order valence-electron chi connectivity index (χ1n) is 10.3. The Labute approximate surface area is 196 Å². The number of nitrogens with zero attached hydrogens (tertiary/aromatic N) is 3. The second-order valence-electron chi connectivity index (χ2n) is 8.01. The van der Waals surface area contributed by atoms with Gasteiger partial charge in [0.15, 0.2) is 0 Å². The number of aliphatic carboxylic acids is 2. The van der Waals surface area contributed by atoms with E-state index in [9.17, 15) is 31.1 Å². The highest BCUT2D eigenvalue weighted by Crippen LogP contribution is 2.32. The van der Waals surface area contributed by atoms with Crippen molar-refractivity contribution in [1.82, 2.24) is 14.7 Å². The average Bonchev–Trinajstić information content (AvgIpc) is 3.37. The smallest absolute Gasteiger partial charge is 0.475 e. The third-order valence-electron chi connectivity index (χ3n) is 5.21. The first-order valence-corrected chi connectivity index (χ1v) is 10.3. The Kier molecular flexibility index (Phi) is 11.0. The predicted molar refractivity (Wildman–Crippen MR) is 108 cm³/mol. The Morgan fingerprint density at radius 3 is 2.03 bits per heavy atom. The Bertz CT molecular complexity index is 804. The number of alkyl halides is 6. The van der Waals surface area contributed by atoms with E-state index in [1.165, 1.54) is 0 Å². The summed E-state index contributed by atoms with van der Waals surface area (Å²) in [4.78, 5) is 36.8. The van der Waals surface area contributed by atoms with Crippen molar-refractivity contribution in [2.24, 2.45) is 0 Å². The first kappa shape index (κ1) is 30.2. The molecule has 0 aliphatic carbocycles. The average molecular weight is 519 g/mol. The normalized spacial score (nSPS) is 20.5. The van der Waals surface area contributed by atoms with E-state index in [1.807, 2.05) is 12.1 Å². The molecule has 2 aliphatic rings. The Hall–Kier alpha value is -2.81. The van der Waals surface area contributed by atoms with Crippen LogP contribution in [0.3, 0.4) is 0 Å². The monoisotopic (exact) mass is 519 g/mol. The van der Waals surface area contributed by atoms with Crippen molar-refractivity contribution >= 4 is 17.8 Å². The van der Waals surface area contributed by atoms with Crippen molar-refractivity contribution in [2.75, 3.05) is 33.7 Å². The zero-order chi connectivity index (χ0) is 27.0. The zero-order valence-corrected chi connectivity index (χ0v) is 19.0. The molecule has 3 heterocycles. The van der Waals surface area contributed by atoms with Crippen LogP contribution in [0.4, 0.5) is 26.3 Å². The molecule has 2 fully saturated rings. The van der Waals surface area contributed by atoms with E-state index in [4.69, 9.17) is 24.2 Å². The summed E-state index contributed by atoms with van der Waals surface area (Å²) in [7, 11) is 4.12. The minimum atomic E-state index is -5.08. The molecule has 0 saturated carbocycles. The molecule has 0 aromatic carbocycles. The number of carbonyl (C=O) groups is 3. The van der Waals surface area contributed by atoms with Crippen molar-refractivity contribution in [2.45, 2.75) is 50.2 Å². The molecule has 1 amide bonds. The van der Waals surface area contributed by atoms with Crippen LogP contribution in [0.15, 0.2) is 22.8 Å². The highest BCUT2D eigenvalue weighted by Gasteiger charge is 2.43. The molecule has 2 aliphatic heterocycles. The number of carbonyl (C=O) groups excluding carboxylic acids is 1. The lowest BCUT2D eigenvalue weighted by atomic mass is 9.96. The molecule has 0 bridgehead atoms. The molecule has 3 rings (SSSR count). The maximum absolute atomic E-state index is 12.2. The van der Waals surface area contributed by atoms with Crippen LogP contribution >= 0.6 is 0 Å². The molecule has 0 radical (unpaired) electrons. The van der Waals surface area contributed by atoms with Gasteiger partial charge in [-0.15, -0.1) is 0 Å². The second kappa shape index (κ2) is 12.8. The van der Waals surface area contributed by atoms with Crippen LogP contribution in [-0.2, 0) is 20.9 Å². The molecule has 2 atom stereocenters. The van der Waals surface area contributed by atoms with E-state index < -0.39 is 24.3 Å². The number of piperidine rings is 1. The zero-order valence-electron chi connectivity index (χ0n) is 19.0. The number of hydrogen-bond acceptors (Lipinski definition) is 6. The summed E-state index contributed by atoms with van der Waals surface area (Å²) in [6, 6.07) is 4.86. The van der Waals surface area contributed by atoms with Crippen LogP contribution < -0.4 is 0 Å². The van der Waals surface area contributed by atoms with E-state index >= 15 is 0 Å². The highest BCUT2D eigenvalue weighted by molar-refractivity contribution is 5.77. The summed E-state index contributed by atoms with van der Waals surface area (Å²) in [6.45, 7) is 3.71. The van der Waals surface area contributed by atoms with E-state index in [1.54, 1.807) is 6.26 Å². The molecule has 0 unspecified atom stereocenters. The molecule has 200 valence electrons. The van der Waals surface area contributed by atoms with Crippen molar-refractivity contribution in [3.05, 3.63) is 24.2 Å². The topological polar surface area (TPSA) is 115 Å². The number of rotatable bonds is 5. The lowest BCUT2D eigenvalue weighted by Gasteiger charge is -2.40. The van der Waals surface area contributed by atoms with E-state index in [0.717, 1.165) is 44.8 Å². The van der Waals surface area contributed by atoms with E-state index in [0.29, 0.717) is 24.4 Å². The first-order chi connectivity index (χ1) is 16.0. The van der Waals surface area contributed by atoms with Gasteiger partial charge < -0.3 is 24.4 Å². The van der Waals surface area contributed by atoms with Crippen LogP contribution in [0.5, 0.6) is 0 Å². The lowest BCUT2D eigenvalue weighted by molar-refractivity contribution is -0.193. The van der Waals surface area contributed by atoms with Crippen molar-refractivity contribution < 1.29 is 55.4 Å². The summed E-state index contributed by atoms with van der Waals surface area (Å²) in [5.41, 5.74) is 0. The third-order valence-corrected chi connectivity index (χ3v) is 5.21. The van der Waals surface area contributed by atoms with E-state index in [2.05, 4.69) is 28.8 Å². The Balaban J connectivity index is 0.000000362. The molecular formula is C20H27F6N3O6. The second-order valence-corrected chi connectivity index (χ2v) is 8.01. The molecule has 2 N–H and O–H groups in total. The van der Waals surface area contributed by atoms with Crippen LogP contribution in [0.2, 0.25) is 0 Å². The summed E-state index contributed by atoms with van der Waals surface area (Å²) in [6.07, 6.45) is -5.67. The Morgan fingerprint density at radius 1 is 1.06 bits per heavy atom. The summed E-state index contributed by atoms with van der Waals surface area (Å²) in [5.74, 6) is -4.16. The minimum Gasteiger partial charge on any atom is -0.475 e. The third kappa shape index (κ3) is 10.1. The van der Waals surface area contributed by atoms with Gasteiger partial charge in [0.25, 0.3) is 0 Å². The van der Waals surface area contributed by atoms with Gasteiger partial charge in [-0.1, -0.05) is 0 Å². The number of amides is 1. The molecule has 9 nitrogen and oxygen atoms in total. The number of hydrogen-bond donors (Lipinski definition) is 2. The summed E-state index contributed by atoms with van der Waals surface area (Å²) < 4.78 is 68.9. The number of carboxylic acid groups (broad SMARTS) is 2. The molecule has 1 aromatic heterocycles. The summed E-state index contributed by atoms with van der Waals surface area (Å²) >= 11 is 0. The maximum atomic E-state index is 12.2. The number of halogens is 6. The van der Waals surface area contributed by atoms with Gasteiger partial charge in [-0.25, -0.2) is 9.59 Å². The van der Waals surface area contributed by atoms with Gasteiger partial charge in [-0.05, 0) is 39.1 Å². The van der Waals surface area contributed by atoms with Crippen molar-refractivity contribution in [3.63, 3.8) is 0 Å². The fourth-order valence-electron chi connectivity index (χ4n) is 3.64. The molecule has 0 spiro atoms. The van der Waals surface area contributed by atoms with Gasteiger partial charge in [-0.2, -0.15) is 26.3 Å². The van der Waals surface area contributed by atoms with Crippen molar-refractivity contribution in [1.29, 1.82) is 0 Å². The number of furan rings is 1. The number of fused-ring (bicyclic) bond motifs is 1. The highest BCUT2D eigenvalue weighted by atomic mass is 19.4. The van der Waals surface area contributed by atoms with Crippen LogP contribution in [-0.4, -0.2) is 101 Å². The van der Waals surface area contributed by atoms with Crippen LogP contribution in [0.1, 0.15) is 25.0 Å². The van der Waals surface area contributed by atoms with Crippen LogP contribution in [0.25, 0.3) is 0 Å².